The van der Waals surface area contributed by atoms with E-state index in [4.69, 9.17) is 11.6 Å². The van der Waals surface area contributed by atoms with E-state index >= 15 is 0 Å². The van der Waals surface area contributed by atoms with E-state index in [0.29, 0.717) is 24.2 Å². The SMILES string of the molecule is CCC1CCCN(S(=O)(=O)c2ccc(Cl)nc2)C1. The van der Waals surface area contributed by atoms with Crippen molar-refractivity contribution in [1.29, 1.82) is 0 Å². The molecule has 1 aliphatic heterocycles. The Labute approximate surface area is 113 Å². The maximum absolute atomic E-state index is 12.4. The second kappa shape index (κ2) is 5.55. The number of nitrogens with zero attached hydrogens (tertiary/aromatic N) is 2. The molecule has 0 bridgehead atoms. The number of rotatable bonds is 3. The molecule has 4 nitrogen and oxygen atoms in total. The lowest BCUT2D eigenvalue weighted by molar-refractivity contribution is 0.261. The van der Waals surface area contributed by atoms with Crippen molar-refractivity contribution in [3.63, 3.8) is 0 Å². The molecule has 0 amide bonds. The molecule has 0 aliphatic carbocycles. The zero-order chi connectivity index (χ0) is 13.2. The first-order valence-corrected chi connectivity index (χ1v) is 7.97. The van der Waals surface area contributed by atoms with Gasteiger partial charge in [0.1, 0.15) is 10.0 Å². The highest BCUT2D eigenvalue weighted by Gasteiger charge is 2.29. The molecule has 1 atom stereocenters. The molecule has 100 valence electrons. The number of hydrogen-bond donors (Lipinski definition) is 0. The molecule has 1 fully saturated rings. The normalized spacial score (nSPS) is 22.0. The molecule has 1 aliphatic rings. The highest BCUT2D eigenvalue weighted by molar-refractivity contribution is 7.89. The summed E-state index contributed by atoms with van der Waals surface area (Å²) in [7, 11) is -3.41. The van der Waals surface area contributed by atoms with Gasteiger partial charge in [0.25, 0.3) is 0 Å². The molecular weight excluding hydrogens is 272 g/mol. The predicted octanol–water partition coefficient (Wildman–Crippen LogP) is 2.55. The summed E-state index contributed by atoms with van der Waals surface area (Å²) in [5.41, 5.74) is 0. The quantitative estimate of drug-likeness (QED) is 0.803. The second-order valence-electron chi connectivity index (χ2n) is 4.60. The Bertz CT molecular complexity index is 501. The van der Waals surface area contributed by atoms with Crippen LogP contribution in [-0.4, -0.2) is 30.8 Å². The van der Waals surface area contributed by atoms with E-state index in [-0.39, 0.29) is 4.90 Å². The lowest BCUT2D eigenvalue weighted by Gasteiger charge is -2.31. The van der Waals surface area contributed by atoms with Gasteiger partial charge >= 0.3 is 0 Å². The van der Waals surface area contributed by atoms with Crippen molar-refractivity contribution in [2.75, 3.05) is 13.1 Å². The first-order chi connectivity index (χ1) is 8.54. The second-order valence-corrected chi connectivity index (χ2v) is 6.92. The highest BCUT2D eigenvalue weighted by atomic mass is 35.5. The van der Waals surface area contributed by atoms with Crippen molar-refractivity contribution in [2.24, 2.45) is 5.92 Å². The number of hydrogen-bond acceptors (Lipinski definition) is 3. The summed E-state index contributed by atoms with van der Waals surface area (Å²) in [5.74, 6) is 0.466. The van der Waals surface area contributed by atoms with E-state index in [1.807, 2.05) is 0 Å². The van der Waals surface area contributed by atoms with E-state index < -0.39 is 10.0 Å². The zero-order valence-electron chi connectivity index (χ0n) is 10.3. The van der Waals surface area contributed by atoms with Crippen LogP contribution in [0.15, 0.2) is 23.2 Å². The van der Waals surface area contributed by atoms with Gasteiger partial charge in [0.2, 0.25) is 10.0 Å². The smallest absolute Gasteiger partial charge is 0.243 e. The lowest BCUT2D eigenvalue weighted by Crippen LogP contribution is -2.39. The van der Waals surface area contributed by atoms with Crippen molar-refractivity contribution >= 4 is 21.6 Å². The minimum atomic E-state index is -3.41. The minimum absolute atomic E-state index is 0.226. The van der Waals surface area contributed by atoms with Gasteiger partial charge in [-0.3, -0.25) is 0 Å². The number of halogens is 1. The van der Waals surface area contributed by atoms with Crippen LogP contribution in [0.3, 0.4) is 0 Å². The van der Waals surface area contributed by atoms with Crippen LogP contribution in [0.2, 0.25) is 5.15 Å². The van der Waals surface area contributed by atoms with Gasteiger partial charge in [-0.1, -0.05) is 24.9 Å². The Morgan fingerprint density at radius 2 is 2.28 bits per heavy atom. The van der Waals surface area contributed by atoms with E-state index in [1.165, 1.54) is 18.3 Å². The van der Waals surface area contributed by atoms with Gasteiger partial charge < -0.3 is 0 Å². The zero-order valence-corrected chi connectivity index (χ0v) is 11.9. The van der Waals surface area contributed by atoms with Crippen molar-refractivity contribution in [1.82, 2.24) is 9.29 Å². The van der Waals surface area contributed by atoms with Crippen LogP contribution < -0.4 is 0 Å². The Morgan fingerprint density at radius 1 is 1.50 bits per heavy atom. The minimum Gasteiger partial charge on any atom is -0.243 e. The highest BCUT2D eigenvalue weighted by Crippen LogP contribution is 2.25. The standard InChI is InChI=1S/C12H17ClN2O2S/c1-2-10-4-3-7-15(9-10)18(16,17)11-5-6-12(13)14-8-11/h5-6,8,10H,2-4,7,9H2,1H3. The van der Waals surface area contributed by atoms with Crippen molar-refractivity contribution < 1.29 is 8.42 Å². The van der Waals surface area contributed by atoms with Crippen LogP contribution in [0.4, 0.5) is 0 Å². The summed E-state index contributed by atoms with van der Waals surface area (Å²) in [5, 5.41) is 0.305. The molecule has 2 rings (SSSR count). The molecule has 18 heavy (non-hydrogen) atoms. The van der Waals surface area contributed by atoms with Gasteiger partial charge in [0.15, 0.2) is 0 Å². The molecular formula is C12H17ClN2O2S. The summed E-state index contributed by atoms with van der Waals surface area (Å²) in [6.45, 7) is 3.31. The average molecular weight is 289 g/mol. The van der Waals surface area contributed by atoms with Crippen LogP contribution in [0, 0.1) is 5.92 Å². The van der Waals surface area contributed by atoms with E-state index in [1.54, 1.807) is 4.31 Å². The summed E-state index contributed by atoms with van der Waals surface area (Å²) in [6.07, 6.45) is 4.39. The van der Waals surface area contributed by atoms with Crippen molar-refractivity contribution in [3.8, 4) is 0 Å². The van der Waals surface area contributed by atoms with Crippen LogP contribution in [0.25, 0.3) is 0 Å². The lowest BCUT2D eigenvalue weighted by atomic mass is 9.97. The van der Waals surface area contributed by atoms with Crippen LogP contribution in [0.1, 0.15) is 26.2 Å². The molecule has 1 aromatic rings. The Hall–Kier alpha value is -0.650. The molecule has 0 N–H and O–H groups in total. The first kappa shape index (κ1) is 13.8. The maximum Gasteiger partial charge on any atom is 0.244 e. The fraction of sp³-hybridized carbons (Fsp3) is 0.583. The Kier molecular flexibility index (Phi) is 4.25. The van der Waals surface area contributed by atoms with Gasteiger partial charge in [-0.25, -0.2) is 13.4 Å². The van der Waals surface area contributed by atoms with Crippen LogP contribution >= 0.6 is 11.6 Å². The first-order valence-electron chi connectivity index (χ1n) is 6.15. The third-order valence-corrected chi connectivity index (χ3v) is 5.47. The summed E-state index contributed by atoms with van der Waals surface area (Å²) in [4.78, 5) is 4.06. The van der Waals surface area contributed by atoms with Crippen molar-refractivity contribution in [2.45, 2.75) is 31.1 Å². The average Bonchev–Trinajstić information content (AvgIpc) is 2.39. The summed E-state index contributed by atoms with van der Waals surface area (Å²) < 4.78 is 26.4. The molecule has 0 saturated carbocycles. The molecule has 1 aromatic heterocycles. The van der Waals surface area contributed by atoms with Crippen LogP contribution in [-0.2, 0) is 10.0 Å². The number of aromatic nitrogens is 1. The molecule has 1 unspecified atom stereocenters. The molecule has 2 heterocycles. The number of piperidine rings is 1. The van der Waals surface area contributed by atoms with Gasteiger partial charge in [0, 0.05) is 19.3 Å². The van der Waals surface area contributed by atoms with E-state index in [2.05, 4.69) is 11.9 Å². The molecule has 0 spiro atoms. The monoisotopic (exact) mass is 288 g/mol. The van der Waals surface area contributed by atoms with Crippen molar-refractivity contribution in [3.05, 3.63) is 23.5 Å². The number of sulfonamides is 1. The third kappa shape index (κ3) is 2.84. The van der Waals surface area contributed by atoms with E-state index in [9.17, 15) is 8.42 Å². The van der Waals surface area contributed by atoms with Crippen LogP contribution in [0.5, 0.6) is 0 Å². The summed E-state index contributed by atoms with van der Waals surface area (Å²) >= 11 is 5.67. The van der Waals surface area contributed by atoms with Gasteiger partial charge in [-0.15, -0.1) is 0 Å². The predicted molar refractivity (Wildman–Crippen MR) is 71.0 cm³/mol. The van der Waals surface area contributed by atoms with Gasteiger partial charge in [0.05, 0.1) is 0 Å². The van der Waals surface area contributed by atoms with Gasteiger partial charge in [-0.05, 0) is 30.9 Å². The topological polar surface area (TPSA) is 50.3 Å². The fourth-order valence-electron chi connectivity index (χ4n) is 2.24. The molecule has 6 heteroatoms. The number of pyridine rings is 1. The third-order valence-electron chi connectivity index (χ3n) is 3.40. The summed E-state index contributed by atoms with van der Waals surface area (Å²) in [6, 6.07) is 3.02. The molecule has 0 radical (unpaired) electrons. The van der Waals surface area contributed by atoms with E-state index in [0.717, 1.165) is 19.3 Å². The molecule has 1 saturated heterocycles. The Morgan fingerprint density at radius 3 is 2.89 bits per heavy atom. The largest absolute Gasteiger partial charge is 0.244 e. The van der Waals surface area contributed by atoms with Gasteiger partial charge in [-0.2, -0.15) is 4.31 Å². The Balaban J connectivity index is 2.22. The molecule has 0 aromatic carbocycles. The maximum atomic E-state index is 12.4. The fourth-order valence-corrected chi connectivity index (χ4v) is 3.85.